The maximum atomic E-state index is 11.7. The van der Waals surface area contributed by atoms with Gasteiger partial charge in [-0.3, -0.25) is 14.5 Å². The first-order valence-corrected chi connectivity index (χ1v) is 9.68. The molecule has 3 rings (SSSR count). The number of hydrogen-bond acceptors (Lipinski definition) is 7. The average molecular weight is 389 g/mol. The number of nitrogens with one attached hydrogen (secondary N) is 1. The molecule has 1 amide bonds. The van der Waals surface area contributed by atoms with Crippen LogP contribution in [0.2, 0.25) is 0 Å². The summed E-state index contributed by atoms with van der Waals surface area (Å²) >= 11 is 1.10. The minimum Gasteiger partial charge on any atom is -0.481 e. The van der Waals surface area contributed by atoms with Gasteiger partial charge in [-0.15, -0.1) is 5.10 Å². The van der Waals surface area contributed by atoms with Crippen molar-refractivity contribution in [2.75, 3.05) is 33.2 Å². The molecule has 2 heterocycles. The van der Waals surface area contributed by atoms with Crippen LogP contribution >= 0.6 is 11.8 Å². The smallest absolute Gasteiger partial charge is 0.305 e. The van der Waals surface area contributed by atoms with Crippen molar-refractivity contribution in [2.24, 2.45) is 10.2 Å². The van der Waals surface area contributed by atoms with Crippen molar-refractivity contribution in [3.05, 3.63) is 35.4 Å². The van der Waals surface area contributed by atoms with E-state index in [2.05, 4.69) is 38.4 Å². The van der Waals surface area contributed by atoms with Gasteiger partial charge in [0.2, 0.25) is 5.91 Å². The third-order valence-electron chi connectivity index (χ3n) is 4.53. The standard InChI is InChI=1S/C18H23N5O3S/c1-22-6-8-23(9-7-22)12-14-5-3-2-4-13(14)11-19-21-18-20-17(26)15(27-18)10-16(24)25/h2-5,11,15H,6-10,12H2,1H3,(H,24,25)(H,20,21,26). The highest BCUT2D eigenvalue weighted by Crippen LogP contribution is 2.22. The first kappa shape index (κ1) is 19.5. The average Bonchev–Trinajstić information content (AvgIpc) is 2.97. The van der Waals surface area contributed by atoms with Crippen molar-refractivity contribution in [2.45, 2.75) is 18.2 Å². The molecule has 8 nitrogen and oxygen atoms in total. The molecule has 0 aliphatic carbocycles. The summed E-state index contributed by atoms with van der Waals surface area (Å²) in [5.74, 6) is -1.35. The van der Waals surface area contributed by atoms with Crippen molar-refractivity contribution < 1.29 is 14.7 Å². The van der Waals surface area contributed by atoms with Crippen LogP contribution < -0.4 is 5.32 Å². The fraction of sp³-hybridized carbons (Fsp3) is 0.444. The van der Waals surface area contributed by atoms with Gasteiger partial charge in [0, 0.05) is 32.7 Å². The van der Waals surface area contributed by atoms with E-state index in [4.69, 9.17) is 5.11 Å². The molecule has 1 aromatic rings. The lowest BCUT2D eigenvalue weighted by Crippen LogP contribution is -2.44. The Morgan fingerprint density at radius 2 is 2.07 bits per heavy atom. The van der Waals surface area contributed by atoms with Gasteiger partial charge in [-0.05, 0) is 18.2 Å². The van der Waals surface area contributed by atoms with Crippen LogP contribution in [0.4, 0.5) is 0 Å². The lowest BCUT2D eigenvalue weighted by Gasteiger charge is -2.32. The van der Waals surface area contributed by atoms with E-state index in [0.717, 1.165) is 50.0 Å². The molecule has 0 bridgehead atoms. The van der Waals surface area contributed by atoms with Crippen LogP contribution in [0.25, 0.3) is 0 Å². The monoisotopic (exact) mass is 389 g/mol. The molecule has 0 aromatic heterocycles. The van der Waals surface area contributed by atoms with Crippen LogP contribution in [0.3, 0.4) is 0 Å². The van der Waals surface area contributed by atoms with E-state index in [1.807, 2.05) is 18.2 Å². The lowest BCUT2D eigenvalue weighted by atomic mass is 10.1. The van der Waals surface area contributed by atoms with E-state index >= 15 is 0 Å². The van der Waals surface area contributed by atoms with Gasteiger partial charge >= 0.3 is 5.97 Å². The number of carbonyl (C=O) groups excluding carboxylic acids is 1. The third kappa shape index (κ3) is 5.62. The normalized spacial score (nSPS) is 23.2. The number of carboxylic acids is 1. The molecular weight excluding hydrogens is 366 g/mol. The molecule has 1 aromatic carbocycles. The summed E-state index contributed by atoms with van der Waals surface area (Å²) in [5.41, 5.74) is 2.16. The van der Waals surface area contributed by atoms with Crippen molar-refractivity contribution >= 4 is 35.0 Å². The molecule has 1 unspecified atom stereocenters. The van der Waals surface area contributed by atoms with E-state index in [-0.39, 0.29) is 12.3 Å². The highest BCUT2D eigenvalue weighted by Gasteiger charge is 2.32. The zero-order valence-corrected chi connectivity index (χ0v) is 16.0. The first-order valence-electron chi connectivity index (χ1n) is 8.80. The predicted molar refractivity (Wildman–Crippen MR) is 106 cm³/mol. The van der Waals surface area contributed by atoms with E-state index in [0.29, 0.717) is 5.17 Å². The Morgan fingerprint density at radius 1 is 1.33 bits per heavy atom. The highest BCUT2D eigenvalue weighted by atomic mass is 32.2. The predicted octanol–water partition coefficient (Wildman–Crippen LogP) is 0.830. The van der Waals surface area contributed by atoms with Gasteiger partial charge < -0.3 is 15.3 Å². The second kappa shape index (κ2) is 9.12. The second-order valence-corrected chi connectivity index (χ2v) is 7.81. The highest BCUT2D eigenvalue weighted by molar-refractivity contribution is 8.15. The summed E-state index contributed by atoms with van der Waals surface area (Å²) in [4.78, 5) is 27.2. The number of carbonyl (C=O) groups is 2. The van der Waals surface area contributed by atoms with Gasteiger partial charge in [-0.2, -0.15) is 5.10 Å². The molecule has 2 fully saturated rings. The number of nitrogens with zero attached hydrogens (tertiary/aromatic N) is 4. The van der Waals surface area contributed by atoms with Crippen LogP contribution in [0.1, 0.15) is 17.5 Å². The van der Waals surface area contributed by atoms with Gasteiger partial charge in [0.25, 0.3) is 0 Å². The molecule has 0 radical (unpaired) electrons. The van der Waals surface area contributed by atoms with Gasteiger partial charge in [0.05, 0.1) is 12.6 Å². The van der Waals surface area contributed by atoms with Crippen molar-refractivity contribution in [1.82, 2.24) is 15.1 Å². The maximum Gasteiger partial charge on any atom is 0.305 e. The van der Waals surface area contributed by atoms with E-state index in [1.54, 1.807) is 6.21 Å². The number of hydrogen-bond donors (Lipinski definition) is 2. The van der Waals surface area contributed by atoms with Crippen LogP contribution in [0.5, 0.6) is 0 Å². The number of thioether (sulfide) groups is 1. The molecule has 2 aliphatic rings. The molecule has 0 saturated carbocycles. The molecule has 27 heavy (non-hydrogen) atoms. The fourth-order valence-corrected chi connectivity index (χ4v) is 3.85. The molecule has 2 aliphatic heterocycles. The number of rotatable bonds is 6. The Kier molecular flexibility index (Phi) is 6.59. The second-order valence-electron chi connectivity index (χ2n) is 6.62. The SMILES string of the molecule is CN1CCN(Cc2ccccc2C=NN=C2NC(=O)C(CC(=O)O)S2)CC1. The quantitative estimate of drug-likeness (QED) is 0.553. The molecule has 9 heteroatoms. The van der Waals surface area contributed by atoms with Gasteiger partial charge in [0.1, 0.15) is 5.25 Å². The maximum absolute atomic E-state index is 11.7. The van der Waals surface area contributed by atoms with Crippen LogP contribution in [0.15, 0.2) is 34.5 Å². The number of likely N-dealkylation sites (N-methyl/N-ethyl adjacent to an activating group) is 1. The zero-order valence-electron chi connectivity index (χ0n) is 15.2. The summed E-state index contributed by atoms with van der Waals surface area (Å²) in [5, 5.41) is 19.2. The summed E-state index contributed by atoms with van der Waals surface area (Å²) in [7, 11) is 2.14. The first-order chi connectivity index (χ1) is 13.0. The van der Waals surface area contributed by atoms with Gasteiger partial charge in [0.15, 0.2) is 5.17 Å². The Balaban J connectivity index is 1.62. The summed E-state index contributed by atoms with van der Waals surface area (Å²) in [6.07, 6.45) is 1.45. The summed E-state index contributed by atoms with van der Waals surface area (Å²) < 4.78 is 0. The number of amidine groups is 1. The minimum absolute atomic E-state index is 0.229. The molecule has 1 atom stereocenters. The molecular formula is C18H23N5O3S. The van der Waals surface area contributed by atoms with Crippen molar-refractivity contribution in [3.63, 3.8) is 0 Å². The van der Waals surface area contributed by atoms with E-state index in [9.17, 15) is 9.59 Å². The van der Waals surface area contributed by atoms with Gasteiger partial charge in [-0.1, -0.05) is 36.0 Å². The Morgan fingerprint density at radius 3 is 2.81 bits per heavy atom. The summed E-state index contributed by atoms with van der Waals surface area (Å²) in [6.45, 7) is 5.07. The van der Waals surface area contributed by atoms with Crippen molar-refractivity contribution in [1.29, 1.82) is 0 Å². The fourth-order valence-electron chi connectivity index (χ4n) is 2.94. The van der Waals surface area contributed by atoms with Crippen LogP contribution in [-0.4, -0.2) is 76.6 Å². The lowest BCUT2D eigenvalue weighted by molar-refractivity contribution is -0.138. The Labute approximate surface area is 162 Å². The minimum atomic E-state index is -1.01. The van der Waals surface area contributed by atoms with Crippen LogP contribution in [-0.2, 0) is 16.1 Å². The van der Waals surface area contributed by atoms with Crippen molar-refractivity contribution in [3.8, 4) is 0 Å². The third-order valence-corrected chi connectivity index (χ3v) is 5.60. The Bertz CT molecular complexity index is 759. The molecule has 0 spiro atoms. The zero-order chi connectivity index (χ0) is 19.2. The molecule has 2 N–H and O–H groups in total. The van der Waals surface area contributed by atoms with Crippen LogP contribution in [0, 0.1) is 0 Å². The summed E-state index contributed by atoms with van der Waals surface area (Å²) in [6, 6.07) is 8.04. The number of aliphatic carboxylic acids is 1. The number of amides is 1. The van der Waals surface area contributed by atoms with Gasteiger partial charge in [-0.25, -0.2) is 0 Å². The number of piperazine rings is 1. The number of carboxylic acid groups (broad SMARTS) is 1. The molecule has 144 valence electrons. The number of benzene rings is 1. The molecule has 2 saturated heterocycles. The Hall–Kier alpha value is -2.23. The largest absolute Gasteiger partial charge is 0.481 e. The van der Waals surface area contributed by atoms with E-state index in [1.165, 1.54) is 5.56 Å². The van der Waals surface area contributed by atoms with E-state index < -0.39 is 11.2 Å². The topological polar surface area (TPSA) is 97.6 Å².